The van der Waals surface area contributed by atoms with Gasteiger partial charge in [-0.15, -0.1) is 0 Å². The summed E-state index contributed by atoms with van der Waals surface area (Å²) in [6.45, 7) is 4.27. The maximum absolute atomic E-state index is 12.5. The molecule has 2 amide bonds. The molecule has 0 spiro atoms. The van der Waals surface area contributed by atoms with Gasteiger partial charge >= 0.3 is 0 Å². The molecule has 5 heteroatoms. The van der Waals surface area contributed by atoms with E-state index >= 15 is 0 Å². The molecule has 1 heterocycles. The summed E-state index contributed by atoms with van der Waals surface area (Å²) in [5, 5.41) is 3.47. The van der Waals surface area contributed by atoms with Crippen molar-refractivity contribution in [2.45, 2.75) is 20.3 Å². The van der Waals surface area contributed by atoms with E-state index in [1.807, 2.05) is 50.2 Å². The van der Waals surface area contributed by atoms with Crippen LogP contribution >= 0.6 is 11.6 Å². The van der Waals surface area contributed by atoms with Gasteiger partial charge in [-0.3, -0.25) is 9.59 Å². The van der Waals surface area contributed by atoms with Gasteiger partial charge in [0, 0.05) is 29.4 Å². The number of para-hydroxylation sites is 1. The summed E-state index contributed by atoms with van der Waals surface area (Å²) in [7, 11) is 0. The van der Waals surface area contributed by atoms with Crippen molar-refractivity contribution in [3.63, 3.8) is 0 Å². The van der Waals surface area contributed by atoms with Crippen LogP contribution in [-0.4, -0.2) is 18.4 Å². The lowest BCUT2D eigenvalue weighted by Gasteiger charge is -2.19. The summed E-state index contributed by atoms with van der Waals surface area (Å²) in [6.07, 6.45) is 0.222. The Morgan fingerprint density at radius 3 is 2.62 bits per heavy atom. The number of hydrogen-bond donors (Lipinski definition) is 1. The Labute approximate surface area is 146 Å². The molecular weight excluding hydrogens is 324 g/mol. The Kier molecular flexibility index (Phi) is 4.58. The monoisotopic (exact) mass is 342 g/mol. The molecule has 1 N–H and O–H groups in total. The number of carbonyl (C=O) groups excluding carboxylic acids is 2. The number of rotatable bonds is 3. The summed E-state index contributed by atoms with van der Waals surface area (Å²) in [6, 6.07) is 13.1. The zero-order valence-corrected chi connectivity index (χ0v) is 14.4. The van der Waals surface area contributed by atoms with Crippen LogP contribution in [0, 0.1) is 19.8 Å². The van der Waals surface area contributed by atoms with Gasteiger partial charge in [0.15, 0.2) is 0 Å². The Balaban J connectivity index is 1.72. The number of aryl methyl sites for hydroxylation is 2. The second-order valence-electron chi connectivity index (χ2n) is 6.15. The van der Waals surface area contributed by atoms with Gasteiger partial charge in [-0.05, 0) is 43.2 Å². The highest BCUT2D eigenvalue weighted by molar-refractivity contribution is 6.31. The molecule has 1 fully saturated rings. The molecule has 24 heavy (non-hydrogen) atoms. The molecule has 4 nitrogen and oxygen atoms in total. The molecule has 2 aromatic rings. The average molecular weight is 343 g/mol. The fourth-order valence-electron chi connectivity index (χ4n) is 2.90. The van der Waals surface area contributed by atoms with Gasteiger partial charge in [0.1, 0.15) is 0 Å². The fraction of sp³-hybridized carbons (Fsp3) is 0.263. The zero-order valence-electron chi connectivity index (χ0n) is 13.7. The van der Waals surface area contributed by atoms with E-state index in [0.29, 0.717) is 17.3 Å². The van der Waals surface area contributed by atoms with Crippen LogP contribution in [0.15, 0.2) is 42.5 Å². The van der Waals surface area contributed by atoms with E-state index in [2.05, 4.69) is 5.32 Å². The summed E-state index contributed by atoms with van der Waals surface area (Å²) in [5.41, 5.74) is 3.50. The Morgan fingerprint density at radius 1 is 1.17 bits per heavy atom. The summed E-state index contributed by atoms with van der Waals surface area (Å²) in [5.74, 6) is -0.539. The van der Waals surface area contributed by atoms with Crippen molar-refractivity contribution >= 4 is 34.8 Å². The first kappa shape index (κ1) is 16.5. The molecule has 0 radical (unpaired) electrons. The van der Waals surface area contributed by atoms with E-state index in [9.17, 15) is 9.59 Å². The quantitative estimate of drug-likeness (QED) is 0.918. The third-order valence-electron chi connectivity index (χ3n) is 4.34. The van der Waals surface area contributed by atoms with Crippen LogP contribution in [0.1, 0.15) is 17.5 Å². The van der Waals surface area contributed by atoms with Crippen LogP contribution in [0.25, 0.3) is 0 Å². The number of nitrogens with zero attached hydrogens (tertiary/aromatic N) is 1. The Morgan fingerprint density at radius 2 is 1.92 bits per heavy atom. The molecule has 0 unspecified atom stereocenters. The minimum atomic E-state index is -0.364. The Hall–Kier alpha value is -2.33. The zero-order chi connectivity index (χ0) is 17.3. The third-order valence-corrected chi connectivity index (χ3v) is 4.75. The van der Waals surface area contributed by atoms with E-state index in [1.54, 1.807) is 11.0 Å². The van der Waals surface area contributed by atoms with Gasteiger partial charge < -0.3 is 10.2 Å². The molecule has 1 atom stereocenters. The molecule has 2 aromatic carbocycles. The number of amides is 2. The van der Waals surface area contributed by atoms with Crippen molar-refractivity contribution in [1.82, 2.24) is 0 Å². The number of hydrogen-bond acceptors (Lipinski definition) is 2. The topological polar surface area (TPSA) is 49.4 Å². The van der Waals surface area contributed by atoms with Crippen molar-refractivity contribution < 1.29 is 9.59 Å². The van der Waals surface area contributed by atoms with Crippen LogP contribution in [0.5, 0.6) is 0 Å². The highest BCUT2D eigenvalue weighted by Gasteiger charge is 2.35. The van der Waals surface area contributed by atoms with E-state index in [-0.39, 0.29) is 24.2 Å². The summed E-state index contributed by atoms with van der Waals surface area (Å²) < 4.78 is 0. The minimum absolute atomic E-state index is 0.0219. The van der Waals surface area contributed by atoms with Gasteiger partial charge in [-0.25, -0.2) is 0 Å². The predicted octanol–water partition coefficient (Wildman–Crippen LogP) is 3.95. The summed E-state index contributed by atoms with van der Waals surface area (Å²) in [4.78, 5) is 26.5. The van der Waals surface area contributed by atoms with E-state index in [4.69, 9.17) is 11.6 Å². The second-order valence-corrected chi connectivity index (χ2v) is 6.55. The second kappa shape index (κ2) is 6.65. The van der Waals surface area contributed by atoms with Gasteiger partial charge in [-0.2, -0.15) is 0 Å². The lowest BCUT2D eigenvalue weighted by molar-refractivity contribution is -0.122. The van der Waals surface area contributed by atoms with Crippen molar-refractivity contribution in [1.29, 1.82) is 0 Å². The minimum Gasteiger partial charge on any atom is -0.326 e. The molecule has 0 aliphatic carbocycles. The van der Waals surface area contributed by atoms with Crippen LogP contribution in [0.2, 0.25) is 5.02 Å². The van der Waals surface area contributed by atoms with E-state index < -0.39 is 0 Å². The van der Waals surface area contributed by atoms with Gasteiger partial charge in [0.05, 0.1) is 5.92 Å². The van der Waals surface area contributed by atoms with E-state index in [0.717, 1.165) is 16.8 Å². The highest BCUT2D eigenvalue weighted by atomic mass is 35.5. The maximum atomic E-state index is 12.5. The van der Waals surface area contributed by atoms with Gasteiger partial charge in [-0.1, -0.05) is 35.9 Å². The summed E-state index contributed by atoms with van der Waals surface area (Å²) >= 11 is 6.09. The van der Waals surface area contributed by atoms with E-state index in [1.165, 1.54) is 0 Å². The van der Waals surface area contributed by atoms with Crippen molar-refractivity contribution in [3.8, 4) is 0 Å². The average Bonchev–Trinajstić information content (AvgIpc) is 2.93. The number of benzene rings is 2. The molecule has 0 saturated carbocycles. The first-order chi connectivity index (χ1) is 11.5. The maximum Gasteiger partial charge on any atom is 0.229 e. The first-order valence-corrected chi connectivity index (χ1v) is 8.26. The van der Waals surface area contributed by atoms with Crippen molar-refractivity contribution in [3.05, 3.63) is 58.6 Å². The number of nitrogens with one attached hydrogen (secondary N) is 1. The largest absolute Gasteiger partial charge is 0.326 e. The molecule has 1 saturated heterocycles. The molecule has 0 bridgehead atoms. The lowest BCUT2D eigenvalue weighted by Crippen LogP contribution is -2.28. The van der Waals surface area contributed by atoms with Crippen LogP contribution in [-0.2, 0) is 9.59 Å². The fourth-order valence-corrected chi connectivity index (χ4v) is 3.08. The molecule has 0 aromatic heterocycles. The first-order valence-electron chi connectivity index (χ1n) is 7.88. The number of carbonyl (C=O) groups is 2. The third kappa shape index (κ3) is 3.29. The standard InChI is InChI=1S/C19H19ClN2O2/c1-12-7-8-15(10-16(12)20)21-19(24)14-9-18(23)22(11-14)17-6-4-3-5-13(17)2/h3-8,10,14H,9,11H2,1-2H3,(H,21,24)/t14-/m1/s1. The Bertz CT molecular complexity index is 804. The number of anilines is 2. The smallest absolute Gasteiger partial charge is 0.229 e. The molecule has 1 aliphatic rings. The molecule has 124 valence electrons. The SMILES string of the molecule is Cc1ccc(NC(=O)[C@@H]2CC(=O)N(c3ccccc3C)C2)cc1Cl. The molecular formula is C19H19ClN2O2. The van der Waals surface area contributed by atoms with Crippen molar-refractivity contribution in [2.75, 3.05) is 16.8 Å². The van der Waals surface area contributed by atoms with Crippen LogP contribution < -0.4 is 10.2 Å². The van der Waals surface area contributed by atoms with Gasteiger partial charge in [0.25, 0.3) is 0 Å². The van der Waals surface area contributed by atoms with Crippen molar-refractivity contribution in [2.24, 2.45) is 5.92 Å². The van der Waals surface area contributed by atoms with Gasteiger partial charge in [0.2, 0.25) is 11.8 Å². The van der Waals surface area contributed by atoms with Crippen LogP contribution in [0.4, 0.5) is 11.4 Å². The lowest BCUT2D eigenvalue weighted by atomic mass is 10.1. The normalized spacial score (nSPS) is 17.2. The predicted molar refractivity (Wildman–Crippen MR) is 96.5 cm³/mol. The number of halogens is 1. The molecule has 3 rings (SSSR count). The molecule has 1 aliphatic heterocycles. The van der Waals surface area contributed by atoms with Crippen LogP contribution in [0.3, 0.4) is 0 Å². The highest BCUT2D eigenvalue weighted by Crippen LogP contribution is 2.28.